The maximum Gasteiger partial charge on any atom is 0.142 e. The van der Waals surface area contributed by atoms with E-state index in [2.05, 4.69) is 4.98 Å². The van der Waals surface area contributed by atoms with Crippen LogP contribution < -0.4 is 15.2 Å². The SMILES string of the molecule is COc1ccc(OC)c(-c2cc(-c3ccccc3F)c(C#N)c(N)n2)c1. The largest absolute Gasteiger partial charge is 0.497 e. The number of anilines is 1. The molecule has 130 valence electrons. The third-order valence-corrected chi connectivity index (χ3v) is 4.01. The summed E-state index contributed by atoms with van der Waals surface area (Å²) in [5, 5.41) is 9.46. The lowest BCUT2D eigenvalue weighted by atomic mass is 9.97. The average molecular weight is 349 g/mol. The monoisotopic (exact) mass is 349 g/mol. The summed E-state index contributed by atoms with van der Waals surface area (Å²) < 4.78 is 25.0. The molecule has 0 saturated heterocycles. The minimum atomic E-state index is -0.446. The Hall–Kier alpha value is -3.59. The second-order valence-electron chi connectivity index (χ2n) is 5.47. The van der Waals surface area contributed by atoms with Crippen LogP contribution >= 0.6 is 0 Å². The molecule has 0 saturated carbocycles. The zero-order chi connectivity index (χ0) is 18.7. The first-order valence-electron chi connectivity index (χ1n) is 7.77. The lowest BCUT2D eigenvalue weighted by molar-refractivity contribution is 0.404. The van der Waals surface area contributed by atoms with E-state index in [0.29, 0.717) is 28.3 Å². The smallest absolute Gasteiger partial charge is 0.142 e. The van der Waals surface area contributed by atoms with Crippen molar-refractivity contribution in [2.45, 2.75) is 0 Å². The third kappa shape index (κ3) is 3.03. The highest BCUT2D eigenvalue weighted by Crippen LogP contribution is 2.37. The van der Waals surface area contributed by atoms with Gasteiger partial charge in [-0.3, -0.25) is 0 Å². The molecule has 0 unspecified atom stereocenters. The number of nitriles is 1. The van der Waals surface area contributed by atoms with Crippen LogP contribution in [0, 0.1) is 17.1 Å². The molecule has 2 N–H and O–H groups in total. The molecule has 0 amide bonds. The summed E-state index contributed by atoms with van der Waals surface area (Å²) in [6.07, 6.45) is 0. The lowest BCUT2D eigenvalue weighted by Gasteiger charge is -2.14. The number of hydrogen-bond donors (Lipinski definition) is 1. The van der Waals surface area contributed by atoms with Gasteiger partial charge in [-0.15, -0.1) is 0 Å². The number of methoxy groups -OCH3 is 2. The van der Waals surface area contributed by atoms with Gasteiger partial charge < -0.3 is 15.2 Å². The van der Waals surface area contributed by atoms with Crippen molar-refractivity contribution in [3.05, 3.63) is 59.9 Å². The van der Waals surface area contributed by atoms with Crippen LogP contribution in [-0.2, 0) is 0 Å². The van der Waals surface area contributed by atoms with Crippen molar-refractivity contribution in [1.82, 2.24) is 4.98 Å². The van der Waals surface area contributed by atoms with Gasteiger partial charge in [-0.1, -0.05) is 18.2 Å². The van der Waals surface area contributed by atoms with Gasteiger partial charge >= 0.3 is 0 Å². The Labute approximate surface area is 150 Å². The zero-order valence-corrected chi connectivity index (χ0v) is 14.3. The van der Waals surface area contributed by atoms with Gasteiger partial charge in [0.1, 0.15) is 34.8 Å². The standard InChI is InChI=1S/C20H16FN3O2/c1-25-12-7-8-19(26-2)15(9-12)18-10-14(16(11-22)20(23)24-18)13-5-3-4-6-17(13)21/h3-10H,1-2H3,(H2,23,24). The number of benzene rings is 2. The van der Waals surface area contributed by atoms with E-state index in [1.54, 1.807) is 49.6 Å². The normalized spacial score (nSPS) is 10.2. The lowest BCUT2D eigenvalue weighted by Crippen LogP contribution is -2.01. The van der Waals surface area contributed by atoms with E-state index in [-0.39, 0.29) is 16.9 Å². The van der Waals surface area contributed by atoms with Crippen molar-refractivity contribution in [1.29, 1.82) is 5.26 Å². The number of nitrogen functional groups attached to an aromatic ring is 1. The van der Waals surface area contributed by atoms with Crippen LogP contribution in [0.1, 0.15) is 5.56 Å². The number of hydrogen-bond acceptors (Lipinski definition) is 5. The molecule has 0 spiro atoms. The zero-order valence-electron chi connectivity index (χ0n) is 14.3. The Morgan fingerprint density at radius 1 is 1.00 bits per heavy atom. The second kappa shape index (κ2) is 7.11. The summed E-state index contributed by atoms with van der Waals surface area (Å²) in [5.74, 6) is 0.742. The second-order valence-corrected chi connectivity index (χ2v) is 5.47. The maximum absolute atomic E-state index is 14.3. The summed E-state index contributed by atoms with van der Waals surface area (Å²) in [5.41, 5.74) is 7.85. The summed E-state index contributed by atoms with van der Waals surface area (Å²) in [4.78, 5) is 4.31. The highest BCUT2D eigenvalue weighted by Gasteiger charge is 2.18. The van der Waals surface area contributed by atoms with E-state index in [0.717, 1.165) is 0 Å². The van der Waals surface area contributed by atoms with Gasteiger partial charge in [-0.25, -0.2) is 9.37 Å². The van der Waals surface area contributed by atoms with E-state index >= 15 is 0 Å². The Morgan fingerprint density at radius 2 is 1.77 bits per heavy atom. The first kappa shape index (κ1) is 17.2. The molecule has 0 bridgehead atoms. The minimum absolute atomic E-state index is 0.0214. The van der Waals surface area contributed by atoms with Crippen molar-refractivity contribution < 1.29 is 13.9 Å². The van der Waals surface area contributed by atoms with Crippen LogP contribution in [0.3, 0.4) is 0 Å². The van der Waals surface area contributed by atoms with Gasteiger partial charge in [0.15, 0.2) is 0 Å². The van der Waals surface area contributed by atoms with Gasteiger partial charge in [-0.05, 0) is 30.3 Å². The molecule has 0 aliphatic heterocycles. The van der Waals surface area contributed by atoms with Gasteiger partial charge in [0.25, 0.3) is 0 Å². The molecule has 3 aromatic rings. The summed E-state index contributed by atoms with van der Waals surface area (Å²) in [6.45, 7) is 0. The average Bonchev–Trinajstić information content (AvgIpc) is 2.67. The molecule has 1 aromatic heterocycles. The Bertz CT molecular complexity index is 1010. The fourth-order valence-corrected chi connectivity index (χ4v) is 2.73. The molecule has 1 heterocycles. The fraction of sp³-hybridized carbons (Fsp3) is 0.100. The van der Waals surface area contributed by atoms with E-state index < -0.39 is 5.82 Å². The molecule has 0 aliphatic carbocycles. The fourth-order valence-electron chi connectivity index (χ4n) is 2.73. The number of nitrogens with two attached hydrogens (primary N) is 1. The molecular formula is C20H16FN3O2. The number of pyridine rings is 1. The summed E-state index contributed by atoms with van der Waals surface area (Å²) >= 11 is 0. The highest BCUT2D eigenvalue weighted by atomic mass is 19.1. The van der Waals surface area contributed by atoms with E-state index in [9.17, 15) is 9.65 Å². The summed E-state index contributed by atoms with van der Waals surface area (Å²) in [7, 11) is 3.09. The van der Waals surface area contributed by atoms with Crippen molar-refractivity contribution >= 4 is 5.82 Å². The Balaban J connectivity index is 2.30. The molecule has 0 atom stereocenters. The topological polar surface area (TPSA) is 81.2 Å². The third-order valence-electron chi connectivity index (χ3n) is 4.01. The Morgan fingerprint density at radius 3 is 2.42 bits per heavy atom. The maximum atomic E-state index is 14.3. The molecular weight excluding hydrogens is 333 g/mol. The van der Waals surface area contributed by atoms with Crippen molar-refractivity contribution in [2.24, 2.45) is 0 Å². The number of ether oxygens (including phenoxy) is 2. The number of halogens is 1. The number of aromatic nitrogens is 1. The first-order chi connectivity index (χ1) is 12.6. The Kier molecular flexibility index (Phi) is 4.72. The van der Waals surface area contributed by atoms with Crippen LogP contribution in [0.4, 0.5) is 10.2 Å². The van der Waals surface area contributed by atoms with Crippen LogP contribution in [0.5, 0.6) is 11.5 Å². The number of rotatable bonds is 4. The molecule has 26 heavy (non-hydrogen) atoms. The molecule has 6 heteroatoms. The molecule has 0 radical (unpaired) electrons. The highest BCUT2D eigenvalue weighted by molar-refractivity contribution is 5.82. The van der Waals surface area contributed by atoms with Crippen molar-refractivity contribution in [2.75, 3.05) is 20.0 Å². The summed E-state index contributed by atoms with van der Waals surface area (Å²) in [6, 6.07) is 15.1. The van der Waals surface area contributed by atoms with Gasteiger partial charge in [0, 0.05) is 16.7 Å². The molecule has 3 rings (SSSR count). The van der Waals surface area contributed by atoms with Crippen LogP contribution in [0.15, 0.2) is 48.5 Å². The van der Waals surface area contributed by atoms with Crippen LogP contribution in [0.2, 0.25) is 0 Å². The van der Waals surface area contributed by atoms with Gasteiger partial charge in [-0.2, -0.15) is 5.26 Å². The van der Waals surface area contributed by atoms with Crippen molar-refractivity contribution in [3.8, 4) is 40.0 Å². The quantitative estimate of drug-likeness (QED) is 0.769. The minimum Gasteiger partial charge on any atom is -0.497 e. The van der Waals surface area contributed by atoms with E-state index in [4.69, 9.17) is 15.2 Å². The molecule has 0 fully saturated rings. The first-order valence-corrected chi connectivity index (χ1v) is 7.77. The predicted octanol–water partition coefficient (Wildman–Crippen LogP) is 4.03. The van der Waals surface area contributed by atoms with E-state index in [1.807, 2.05) is 6.07 Å². The van der Waals surface area contributed by atoms with Gasteiger partial charge in [0.2, 0.25) is 0 Å². The van der Waals surface area contributed by atoms with Crippen molar-refractivity contribution in [3.63, 3.8) is 0 Å². The predicted molar refractivity (Wildman–Crippen MR) is 97.3 cm³/mol. The van der Waals surface area contributed by atoms with Crippen LogP contribution in [-0.4, -0.2) is 19.2 Å². The molecule has 5 nitrogen and oxygen atoms in total. The van der Waals surface area contributed by atoms with Crippen LogP contribution in [0.25, 0.3) is 22.4 Å². The van der Waals surface area contributed by atoms with E-state index in [1.165, 1.54) is 13.2 Å². The molecule has 2 aromatic carbocycles. The molecule has 0 aliphatic rings. The number of nitrogens with zero attached hydrogens (tertiary/aromatic N) is 2. The van der Waals surface area contributed by atoms with Gasteiger partial charge in [0.05, 0.1) is 19.9 Å².